The minimum absolute atomic E-state index is 0.153. The van der Waals surface area contributed by atoms with Crippen LogP contribution in [0.5, 0.6) is 0 Å². The molecule has 3 rings (SSSR count). The summed E-state index contributed by atoms with van der Waals surface area (Å²) in [5.41, 5.74) is 9.33. The molecule has 102 valence electrons. The zero-order chi connectivity index (χ0) is 13.5. The summed E-state index contributed by atoms with van der Waals surface area (Å²) < 4.78 is 0. The van der Waals surface area contributed by atoms with Crippen LogP contribution in [0, 0.1) is 0 Å². The van der Waals surface area contributed by atoms with Crippen molar-refractivity contribution in [1.82, 2.24) is 4.90 Å². The fraction of sp³-hybridized carbons (Fsp3) is 0.562. The van der Waals surface area contributed by atoms with Gasteiger partial charge in [-0.15, -0.1) is 0 Å². The van der Waals surface area contributed by atoms with E-state index in [-0.39, 0.29) is 11.4 Å². The quantitative estimate of drug-likeness (QED) is 0.883. The van der Waals surface area contributed by atoms with E-state index in [9.17, 15) is 4.79 Å². The molecule has 3 heteroatoms. The molecule has 0 radical (unpaired) electrons. The van der Waals surface area contributed by atoms with E-state index >= 15 is 0 Å². The highest BCUT2D eigenvalue weighted by molar-refractivity contribution is 5.95. The summed E-state index contributed by atoms with van der Waals surface area (Å²) in [5.74, 6) is 0.153. The van der Waals surface area contributed by atoms with Crippen LogP contribution in [0.3, 0.4) is 0 Å². The summed E-state index contributed by atoms with van der Waals surface area (Å²) in [5, 5.41) is 0. The Kier molecular flexibility index (Phi) is 3.09. The number of amides is 1. The van der Waals surface area contributed by atoms with Gasteiger partial charge in [0.25, 0.3) is 5.91 Å². The molecule has 2 aliphatic rings. The summed E-state index contributed by atoms with van der Waals surface area (Å²) in [6, 6.07) is 6.22. The molecular weight excluding hydrogens is 236 g/mol. The lowest BCUT2D eigenvalue weighted by Crippen LogP contribution is -2.50. The van der Waals surface area contributed by atoms with Crippen molar-refractivity contribution >= 4 is 5.91 Å². The zero-order valence-electron chi connectivity index (χ0n) is 11.6. The van der Waals surface area contributed by atoms with Crippen molar-refractivity contribution in [2.24, 2.45) is 5.73 Å². The molecule has 1 saturated heterocycles. The summed E-state index contributed by atoms with van der Waals surface area (Å²) in [6.45, 7) is 3.48. The van der Waals surface area contributed by atoms with E-state index in [0.717, 1.165) is 37.8 Å². The van der Waals surface area contributed by atoms with Gasteiger partial charge in [-0.3, -0.25) is 4.79 Å². The smallest absolute Gasteiger partial charge is 0.254 e. The van der Waals surface area contributed by atoms with Crippen molar-refractivity contribution in [2.75, 3.05) is 13.1 Å². The molecule has 1 atom stereocenters. The summed E-state index contributed by atoms with van der Waals surface area (Å²) >= 11 is 0. The third-order valence-electron chi connectivity index (χ3n) is 4.78. The highest BCUT2D eigenvalue weighted by Gasteiger charge is 2.38. The standard InChI is InChI=1S/C16H22N2O/c1-16(11-17)8-3-9-18(16)15(19)14-7-6-12-4-2-5-13(12)10-14/h6-7,10H,2-5,8-9,11,17H2,1H3. The van der Waals surface area contributed by atoms with Crippen LogP contribution in [0.2, 0.25) is 0 Å². The number of nitrogens with zero attached hydrogens (tertiary/aromatic N) is 1. The van der Waals surface area contributed by atoms with Crippen LogP contribution < -0.4 is 5.73 Å². The largest absolute Gasteiger partial charge is 0.332 e. The molecule has 1 aliphatic heterocycles. The molecule has 1 heterocycles. The third-order valence-corrected chi connectivity index (χ3v) is 4.78. The van der Waals surface area contributed by atoms with Crippen LogP contribution in [-0.4, -0.2) is 29.4 Å². The van der Waals surface area contributed by atoms with Crippen molar-refractivity contribution in [3.05, 3.63) is 34.9 Å². The van der Waals surface area contributed by atoms with Crippen molar-refractivity contribution in [2.45, 2.75) is 44.6 Å². The Balaban J connectivity index is 1.88. The summed E-state index contributed by atoms with van der Waals surface area (Å²) in [4.78, 5) is 14.7. The summed E-state index contributed by atoms with van der Waals surface area (Å²) in [6.07, 6.45) is 5.57. The average molecular weight is 258 g/mol. The SMILES string of the molecule is CC1(CN)CCCN1C(=O)c1ccc2c(c1)CCC2. The first-order valence-corrected chi connectivity index (χ1v) is 7.28. The first kappa shape index (κ1) is 12.7. The normalized spacial score (nSPS) is 25.7. The van der Waals surface area contributed by atoms with Gasteiger partial charge in [-0.2, -0.15) is 0 Å². The molecule has 3 nitrogen and oxygen atoms in total. The molecule has 1 aromatic rings. The van der Waals surface area contributed by atoms with Crippen molar-refractivity contribution < 1.29 is 4.79 Å². The van der Waals surface area contributed by atoms with Gasteiger partial charge >= 0.3 is 0 Å². The second kappa shape index (κ2) is 4.64. The Labute approximate surface area is 114 Å². The molecular formula is C16H22N2O. The molecule has 1 aliphatic carbocycles. The van der Waals surface area contributed by atoms with Crippen molar-refractivity contribution in [3.8, 4) is 0 Å². The number of nitrogens with two attached hydrogens (primary N) is 1. The van der Waals surface area contributed by atoms with E-state index in [1.807, 2.05) is 11.0 Å². The zero-order valence-corrected chi connectivity index (χ0v) is 11.6. The molecule has 1 amide bonds. The number of rotatable bonds is 2. The molecule has 0 spiro atoms. The van der Waals surface area contributed by atoms with E-state index in [4.69, 9.17) is 5.73 Å². The Bertz CT molecular complexity index is 511. The number of fused-ring (bicyclic) bond motifs is 1. The maximum absolute atomic E-state index is 12.7. The first-order chi connectivity index (χ1) is 9.14. The lowest BCUT2D eigenvalue weighted by Gasteiger charge is -2.34. The second-order valence-corrected chi connectivity index (χ2v) is 6.10. The Morgan fingerprint density at radius 3 is 2.89 bits per heavy atom. The Hall–Kier alpha value is -1.35. The van der Waals surface area contributed by atoms with E-state index in [1.165, 1.54) is 17.5 Å². The lowest BCUT2D eigenvalue weighted by atomic mass is 9.98. The third kappa shape index (κ3) is 2.06. The Morgan fingerprint density at radius 2 is 2.11 bits per heavy atom. The molecule has 1 aromatic carbocycles. The van der Waals surface area contributed by atoms with E-state index in [1.54, 1.807) is 0 Å². The predicted molar refractivity (Wildman–Crippen MR) is 76.2 cm³/mol. The lowest BCUT2D eigenvalue weighted by molar-refractivity contribution is 0.0637. The maximum Gasteiger partial charge on any atom is 0.254 e. The van der Waals surface area contributed by atoms with E-state index < -0.39 is 0 Å². The second-order valence-electron chi connectivity index (χ2n) is 6.10. The monoisotopic (exact) mass is 258 g/mol. The molecule has 1 fully saturated rings. The van der Waals surface area contributed by atoms with Gasteiger partial charge in [0.2, 0.25) is 0 Å². The van der Waals surface area contributed by atoms with Gasteiger partial charge in [0.15, 0.2) is 0 Å². The summed E-state index contributed by atoms with van der Waals surface area (Å²) in [7, 11) is 0. The molecule has 0 saturated carbocycles. The molecule has 1 unspecified atom stereocenters. The van der Waals surface area contributed by atoms with Crippen molar-refractivity contribution in [1.29, 1.82) is 0 Å². The number of carbonyl (C=O) groups excluding carboxylic acids is 1. The minimum atomic E-state index is -0.157. The number of likely N-dealkylation sites (tertiary alicyclic amines) is 1. The van der Waals surface area contributed by atoms with Gasteiger partial charge in [0.05, 0.1) is 5.54 Å². The van der Waals surface area contributed by atoms with Gasteiger partial charge in [-0.25, -0.2) is 0 Å². The van der Waals surface area contributed by atoms with Gasteiger partial charge in [-0.1, -0.05) is 6.07 Å². The number of benzene rings is 1. The highest BCUT2D eigenvalue weighted by atomic mass is 16.2. The number of aryl methyl sites for hydroxylation is 2. The van der Waals surface area contributed by atoms with Crippen LogP contribution >= 0.6 is 0 Å². The van der Waals surface area contributed by atoms with Gasteiger partial charge in [-0.05, 0) is 62.3 Å². The Morgan fingerprint density at radius 1 is 1.32 bits per heavy atom. The number of hydrogen-bond acceptors (Lipinski definition) is 2. The molecule has 0 aromatic heterocycles. The van der Waals surface area contributed by atoms with Gasteiger partial charge < -0.3 is 10.6 Å². The van der Waals surface area contributed by atoms with Crippen molar-refractivity contribution in [3.63, 3.8) is 0 Å². The van der Waals surface area contributed by atoms with E-state index in [0.29, 0.717) is 6.54 Å². The van der Waals surface area contributed by atoms with Crippen LogP contribution in [0.1, 0.15) is 47.7 Å². The van der Waals surface area contributed by atoms with Crippen LogP contribution in [0.15, 0.2) is 18.2 Å². The van der Waals surface area contributed by atoms with Crippen LogP contribution in [-0.2, 0) is 12.8 Å². The first-order valence-electron chi connectivity index (χ1n) is 7.28. The van der Waals surface area contributed by atoms with Crippen LogP contribution in [0.25, 0.3) is 0 Å². The average Bonchev–Trinajstić information content (AvgIpc) is 3.03. The van der Waals surface area contributed by atoms with Crippen LogP contribution in [0.4, 0.5) is 0 Å². The van der Waals surface area contributed by atoms with E-state index in [2.05, 4.69) is 19.1 Å². The van der Waals surface area contributed by atoms with Gasteiger partial charge in [0, 0.05) is 18.7 Å². The maximum atomic E-state index is 12.7. The molecule has 0 bridgehead atoms. The minimum Gasteiger partial charge on any atom is -0.332 e. The fourth-order valence-corrected chi connectivity index (χ4v) is 3.44. The van der Waals surface area contributed by atoms with Gasteiger partial charge in [0.1, 0.15) is 0 Å². The number of hydrogen-bond donors (Lipinski definition) is 1. The molecule has 19 heavy (non-hydrogen) atoms. The molecule has 2 N–H and O–H groups in total. The highest BCUT2D eigenvalue weighted by Crippen LogP contribution is 2.30. The predicted octanol–water partition coefficient (Wildman–Crippen LogP) is 2.13. The topological polar surface area (TPSA) is 46.3 Å². The fourth-order valence-electron chi connectivity index (χ4n) is 3.44. The number of carbonyl (C=O) groups is 1.